The van der Waals surface area contributed by atoms with E-state index in [9.17, 15) is 0 Å². The quantitative estimate of drug-likeness (QED) is 0.503. The Hall–Kier alpha value is -4.13. The average molecular weight is 379 g/mol. The minimum Gasteiger partial charge on any atom is -0.323 e. The van der Waals surface area contributed by atoms with Crippen LogP contribution in [0, 0.1) is 0 Å². The predicted octanol–water partition coefficient (Wildman–Crippen LogP) is 4.23. The number of hydrogen-bond donors (Lipinski definition) is 1. The van der Waals surface area contributed by atoms with Crippen molar-refractivity contribution in [3.8, 4) is 22.3 Å². The highest BCUT2D eigenvalue weighted by Crippen LogP contribution is 2.24. The molecule has 5 aromatic rings. The Bertz CT molecular complexity index is 1300. The lowest BCUT2D eigenvalue weighted by molar-refractivity contribution is 0.768. The number of anilines is 2. The van der Waals surface area contributed by atoms with Gasteiger partial charge in [0.15, 0.2) is 5.82 Å². The third kappa shape index (κ3) is 3.53. The number of rotatable bonds is 4. The summed E-state index contributed by atoms with van der Waals surface area (Å²) in [7, 11) is 1.89. The Balaban J connectivity index is 1.46. The zero-order valence-electron chi connectivity index (χ0n) is 15.7. The van der Waals surface area contributed by atoms with Crippen LogP contribution in [-0.2, 0) is 7.05 Å². The number of nitrogens with one attached hydrogen (secondary N) is 1. The highest BCUT2D eigenvalue weighted by atomic mass is 15.2. The fourth-order valence-electron chi connectivity index (χ4n) is 3.15. The molecule has 7 heteroatoms. The van der Waals surface area contributed by atoms with Gasteiger partial charge < -0.3 is 5.32 Å². The summed E-state index contributed by atoms with van der Waals surface area (Å²) in [5.74, 6) is 1.32. The summed E-state index contributed by atoms with van der Waals surface area (Å²) in [6, 6.07) is 17.9. The second-order valence-corrected chi connectivity index (χ2v) is 6.68. The van der Waals surface area contributed by atoms with Crippen molar-refractivity contribution in [1.29, 1.82) is 0 Å². The van der Waals surface area contributed by atoms with E-state index in [0.717, 1.165) is 33.3 Å². The van der Waals surface area contributed by atoms with Gasteiger partial charge in [-0.3, -0.25) is 9.67 Å². The number of hydrogen-bond acceptors (Lipinski definition) is 6. The molecule has 0 saturated heterocycles. The molecule has 7 nitrogen and oxygen atoms in total. The van der Waals surface area contributed by atoms with Crippen molar-refractivity contribution in [2.45, 2.75) is 0 Å². The number of fused-ring (bicyclic) bond motifs is 1. The normalized spacial score (nSPS) is 10.9. The molecule has 0 aliphatic rings. The van der Waals surface area contributed by atoms with Crippen LogP contribution in [0.4, 0.5) is 11.6 Å². The Morgan fingerprint density at radius 3 is 2.45 bits per heavy atom. The number of benzene rings is 1. The summed E-state index contributed by atoms with van der Waals surface area (Å²) in [6.07, 6.45) is 7.35. The third-order valence-electron chi connectivity index (χ3n) is 4.59. The lowest BCUT2D eigenvalue weighted by Gasteiger charge is -2.07. The number of nitrogens with zero attached hydrogens (tertiary/aromatic N) is 6. The zero-order valence-corrected chi connectivity index (χ0v) is 15.7. The molecule has 1 N–H and O–H groups in total. The van der Waals surface area contributed by atoms with Gasteiger partial charge in [-0.05, 0) is 29.8 Å². The molecule has 0 aliphatic heterocycles. The van der Waals surface area contributed by atoms with Crippen molar-refractivity contribution in [2.24, 2.45) is 7.05 Å². The van der Waals surface area contributed by atoms with Crippen LogP contribution >= 0.6 is 0 Å². The zero-order chi connectivity index (χ0) is 19.6. The Kier molecular flexibility index (Phi) is 4.18. The Morgan fingerprint density at radius 2 is 1.62 bits per heavy atom. The fourth-order valence-corrected chi connectivity index (χ4v) is 3.15. The van der Waals surface area contributed by atoms with Crippen molar-refractivity contribution in [3.63, 3.8) is 0 Å². The first-order valence-corrected chi connectivity index (χ1v) is 9.16. The van der Waals surface area contributed by atoms with Crippen molar-refractivity contribution < 1.29 is 0 Å². The molecule has 0 amide bonds. The first kappa shape index (κ1) is 17.0. The molecule has 4 heterocycles. The second kappa shape index (κ2) is 7.12. The summed E-state index contributed by atoms with van der Waals surface area (Å²) < 4.78 is 1.77. The molecule has 0 spiro atoms. The van der Waals surface area contributed by atoms with E-state index in [2.05, 4.69) is 25.6 Å². The third-order valence-corrected chi connectivity index (χ3v) is 4.59. The van der Waals surface area contributed by atoms with Gasteiger partial charge >= 0.3 is 0 Å². The minimum atomic E-state index is 0.634. The van der Waals surface area contributed by atoms with Crippen molar-refractivity contribution in [3.05, 3.63) is 79.4 Å². The van der Waals surface area contributed by atoms with Crippen LogP contribution in [0.1, 0.15) is 0 Å². The average Bonchev–Trinajstić information content (AvgIpc) is 3.20. The van der Waals surface area contributed by atoms with Crippen LogP contribution in [0.15, 0.2) is 79.4 Å². The molecule has 140 valence electrons. The Labute approximate surface area is 167 Å². The maximum absolute atomic E-state index is 4.70. The van der Waals surface area contributed by atoms with Crippen LogP contribution in [0.5, 0.6) is 0 Å². The SMILES string of the molecule is Cn1cc(-c2cnc3ccc(Nc4cc(-c5ccccc5)cnn4)nc3c2)cn1. The summed E-state index contributed by atoms with van der Waals surface area (Å²) in [5, 5.41) is 15.8. The van der Waals surface area contributed by atoms with E-state index in [4.69, 9.17) is 4.98 Å². The van der Waals surface area contributed by atoms with Crippen LogP contribution in [0.25, 0.3) is 33.3 Å². The van der Waals surface area contributed by atoms with Crippen LogP contribution in [0.3, 0.4) is 0 Å². The largest absolute Gasteiger partial charge is 0.323 e. The molecule has 29 heavy (non-hydrogen) atoms. The van der Waals surface area contributed by atoms with Crippen LogP contribution in [-0.4, -0.2) is 29.9 Å². The molecule has 0 saturated carbocycles. The van der Waals surface area contributed by atoms with Crippen molar-refractivity contribution >= 4 is 22.7 Å². The maximum atomic E-state index is 4.70. The van der Waals surface area contributed by atoms with E-state index in [1.54, 1.807) is 10.9 Å². The van der Waals surface area contributed by atoms with Gasteiger partial charge in [-0.2, -0.15) is 10.2 Å². The monoisotopic (exact) mass is 379 g/mol. The lowest BCUT2D eigenvalue weighted by Crippen LogP contribution is -1.98. The highest BCUT2D eigenvalue weighted by Gasteiger charge is 2.07. The van der Waals surface area contributed by atoms with Gasteiger partial charge in [0.1, 0.15) is 5.82 Å². The topological polar surface area (TPSA) is 81.4 Å². The molecule has 0 unspecified atom stereocenters. The smallest absolute Gasteiger partial charge is 0.154 e. The molecular weight excluding hydrogens is 362 g/mol. The van der Waals surface area contributed by atoms with Gasteiger partial charge in [0.25, 0.3) is 0 Å². The summed E-state index contributed by atoms with van der Waals surface area (Å²) in [4.78, 5) is 9.21. The van der Waals surface area contributed by atoms with Gasteiger partial charge in [-0.15, -0.1) is 5.10 Å². The molecule has 0 fully saturated rings. The molecular formula is C22H17N7. The van der Waals surface area contributed by atoms with Crippen LogP contribution < -0.4 is 5.32 Å². The second-order valence-electron chi connectivity index (χ2n) is 6.68. The van der Waals surface area contributed by atoms with E-state index in [0.29, 0.717) is 11.6 Å². The van der Waals surface area contributed by atoms with Gasteiger partial charge in [-0.1, -0.05) is 30.3 Å². The molecule has 1 aromatic carbocycles. The van der Waals surface area contributed by atoms with E-state index in [1.807, 2.05) is 80.2 Å². The molecule has 0 radical (unpaired) electrons. The summed E-state index contributed by atoms with van der Waals surface area (Å²) >= 11 is 0. The van der Waals surface area contributed by atoms with Crippen molar-refractivity contribution in [1.82, 2.24) is 29.9 Å². The maximum Gasteiger partial charge on any atom is 0.154 e. The van der Waals surface area contributed by atoms with Crippen molar-refractivity contribution in [2.75, 3.05) is 5.32 Å². The lowest BCUT2D eigenvalue weighted by atomic mass is 10.1. The number of aryl methyl sites for hydroxylation is 1. The van der Waals surface area contributed by atoms with E-state index in [1.165, 1.54) is 0 Å². The predicted molar refractivity (Wildman–Crippen MR) is 112 cm³/mol. The first-order chi connectivity index (χ1) is 14.2. The van der Waals surface area contributed by atoms with Gasteiger partial charge in [-0.25, -0.2) is 4.98 Å². The summed E-state index contributed by atoms with van der Waals surface area (Å²) in [5.41, 5.74) is 5.67. The molecule has 0 bridgehead atoms. The van der Waals surface area contributed by atoms with E-state index >= 15 is 0 Å². The minimum absolute atomic E-state index is 0.634. The first-order valence-electron chi connectivity index (χ1n) is 9.16. The fraction of sp³-hybridized carbons (Fsp3) is 0.0455. The van der Waals surface area contributed by atoms with Crippen LogP contribution in [0.2, 0.25) is 0 Å². The number of aromatic nitrogens is 6. The summed E-state index contributed by atoms with van der Waals surface area (Å²) in [6.45, 7) is 0. The molecule has 0 aliphatic carbocycles. The van der Waals surface area contributed by atoms with Gasteiger partial charge in [0.2, 0.25) is 0 Å². The molecule has 0 atom stereocenters. The van der Waals surface area contributed by atoms with Gasteiger partial charge in [0.05, 0.1) is 23.4 Å². The number of pyridine rings is 2. The van der Waals surface area contributed by atoms with E-state index in [-0.39, 0.29) is 0 Å². The van der Waals surface area contributed by atoms with E-state index < -0.39 is 0 Å². The van der Waals surface area contributed by atoms with Gasteiger partial charge in [0, 0.05) is 36.1 Å². The molecule has 5 rings (SSSR count). The Morgan fingerprint density at radius 1 is 0.759 bits per heavy atom. The standard InChI is InChI=1S/C22H17N7/c1-29-14-18(13-25-29)16-9-20-19(23-11-16)7-8-21(26-20)27-22-10-17(12-24-28-22)15-5-3-2-4-6-15/h2-14H,1H3,(H,26,27,28). The molecule has 4 aromatic heterocycles. The highest BCUT2D eigenvalue weighted by molar-refractivity contribution is 5.81.